The van der Waals surface area contributed by atoms with Crippen molar-refractivity contribution >= 4 is 5.91 Å². The quantitative estimate of drug-likeness (QED) is 0.664. The van der Waals surface area contributed by atoms with Gasteiger partial charge in [-0.1, -0.05) is 36.4 Å². The average molecular weight is 372 g/mol. The first-order valence-corrected chi connectivity index (χ1v) is 9.67. The van der Waals surface area contributed by atoms with E-state index in [2.05, 4.69) is 11.1 Å². The topological polar surface area (TPSA) is 42.4 Å². The second-order valence-corrected chi connectivity index (χ2v) is 7.21. The van der Waals surface area contributed by atoms with Crippen molar-refractivity contribution < 1.29 is 9.53 Å². The number of aromatic nitrogens is 1. The van der Waals surface area contributed by atoms with E-state index in [1.807, 2.05) is 71.8 Å². The summed E-state index contributed by atoms with van der Waals surface area (Å²) in [6.45, 7) is 1.61. The Morgan fingerprint density at radius 1 is 1.07 bits per heavy atom. The Balaban J connectivity index is 1.43. The van der Waals surface area contributed by atoms with Crippen LogP contribution < -0.4 is 4.74 Å². The molecule has 1 saturated heterocycles. The third-order valence-corrected chi connectivity index (χ3v) is 5.35. The molecule has 0 saturated carbocycles. The third kappa shape index (κ3) is 3.91. The van der Waals surface area contributed by atoms with Gasteiger partial charge in [-0.05, 0) is 54.7 Å². The summed E-state index contributed by atoms with van der Waals surface area (Å²) in [5, 5.41) is 0. The predicted molar refractivity (Wildman–Crippen MR) is 110 cm³/mol. The molecule has 1 aliphatic rings. The van der Waals surface area contributed by atoms with Crippen LogP contribution in [0.5, 0.6) is 5.75 Å². The lowest BCUT2D eigenvalue weighted by atomic mass is 10.0. The monoisotopic (exact) mass is 372 g/mol. The fourth-order valence-corrected chi connectivity index (χ4v) is 3.86. The highest BCUT2D eigenvalue weighted by Gasteiger charge is 2.27. The SMILES string of the molecule is COc1ccccc1-c1ccc(C(=O)N2CCC(Cc3ccccn3)C2)cc1. The second kappa shape index (κ2) is 8.26. The van der Waals surface area contributed by atoms with Crippen LogP contribution in [0, 0.1) is 5.92 Å². The van der Waals surface area contributed by atoms with Gasteiger partial charge in [0.1, 0.15) is 5.75 Å². The van der Waals surface area contributed by atoms with Gasteiger partial charge in [0.2, 0.25) is 0 Å². The molecule has 1 aromatic heterocycles. The van der Waals surface area contributed by atoms with Crippen LogP contribution in [-0.4, -0.2) is 36.0 Å². The molecule has 0 bridgehead atoms. The van der Waals surface area contributed by atoms with Crippen LogP contribution in [0.2, 0.25) is 0 Å². The number of likely N-dealkylation sites (tertiary alicyclic amines) is 1. The number of carbonyl (C=O) groups excluding carboxylic acids is 1. The van der Waals surface area contributed by atoms with Crippen molar-refractivity contribution in [1.82, 2.24) is 9.88 Å². The Bertz CT molecular complexity index is 938. The molecule has 1 fully saturated rings. The van der Waals surface area contributed by atoms with Crippen molar-refractivity contribution in [2.75, 3.05) is 20.2 Å². The molecule has 1 atom stereocenters. The molecule has 1 unspecified atom stereocenters. The number of hydrogen-bond donors (Lipinski definition) is 0. The number of amides is 1. The molecule has 28 heavy (non-hydrogen) atoms. The average Bonchev–Trinajstić information content (AvgIpc) is 3.22. The number of methoxy groups -OCH3 is 1. The Labute approximate surface area is 165 Å². The van der Waals surface area contributed by atoms with Crippen molar-refractivity contribution in [3.63, 3.8) is 0 Å². The molecule has 4 heteroatoms. The van der Waals surface area contributed by atoms with Crippen molar-refractivity contribution in [3.05, 3.63) is 84.2 Å². The molecule has 0 N–H and O–H groups in total. The summed E-state index contributed by atoms with van der Waals surface area (Å²) < 4.78 is 5.44. The number of ether oxygens (including phenoxy) is 1. The molecule has 2 heterocycles. The smallest absolute Gasteiger partial charge is 0.253 e. The lowest BCUT2D eigenvalue weighted by molar-refractivity contribution is 0.0787. The molecule has 3 aromatic rings. The summed E-state index contributed by atoms with van der Waals surface area (Å²) >= 11 is 0. The Kier molecular flexibility index (Phi) is 5.38. The zero-order chi connectivity index (χ0) is 19.3. The van der Waals surface area contributed by atoms with E-state index in [1.165, 1.54) is 0 Å². The van der Waals surface area contributed by atoms with Crippen LogP contribution in [0.4, 0.5) is 0 Å². The normalized spacial score (nSPS) is 16.2. The molecule has 2 aromatic carbocycles. The largest absolute Gasteiger partial charge is 0.496 e. The molecule has 4 nitrogen and oxygen atoms in total. The van der Waals surface area contributed by atoms with E-state index in [-0.39, 0.29) is 5.91 Å². The van der Waals surface area contributed by atoms with E-state index in [0.717, 1.165) is 54.1 Å². The minimum Gasteiger partial charge on any atom is -0.496 e. The highest BCUT2D eigenvalue weighted by Crippen LogP contribution is 2.30. The van der Waals surface area contributed by atoms with Crippen LogP contribution in [0.1, 0.15) is 22.5 Å². The zero-order valence-electron chi connectivity index (χ0n) is 16.0. The number of nitrogens with zero attached hydrogens (tertiary/aromatic N) is 2. The minimum absolute atomic E-state index is 0.107. The molecular formula is C24H24N2O2. The minimum atomic E-state index is 0.107. The highest BCUT2D eigenvalue weighted by atomic mass is 16.5. The van der Waals surface area contributed by atoms with Gasteiger partial charge in [0, 0.05) is 36.1 Å². The number of carbonyl (C=O) groups is 1. The van der Waals surface area contributed by atoms with E-state index >= 15 is 0 Å². The van der Waals surface area contributed by atoms with Crippen molar-refractivity contribution in [1.29, 1.82) is 0 Å². The second-order valence-electron chi connectivity index (χ2n) is 7.21. The molecule has 1 amide bonds. The summed E-state index contributed by atoms with van der Waals surface area (Å²) in [6.07, 6.45) is 3.79. The molecule has 4 rings (SSSR count). The van der Waals surface area contributed by atoms with E-state index in [0.29, 0.717) is 5.92 Å². The lowest BCUT2D eigenvalue weighted by Gasteiger charge is -2.17. The fraction of sp³-hybridized carbons (Fsp3) is 0.250. The summed E-state index contributed by atoms with van der Waals surface area (Å²) in [4.78, 5) is 19.3. The molecule has 142 valence electrons. The maximum atomic E-state index is 12.9. The highest BCUT2D eigenvalue weighted by molar-refractivity contribution is 5.95. The number of hydrogen-bond acceptors (Lipinski definition) is 3. The van der Waals surface area contributed by atoms with E-state index in [1.54, 1.807) is 7.11 Å². The van der Waals surface area contributed by atoms with E-state index in [9.17, 15) is 4.79 Å². The summed E-state index contributed by atoms with van der Waals surface area (Å²) in [5.74, 6) is 1.42. The first kappa shape index (κ1) is 18.2. The molecule has 0 radical (unpaired) electrons. The van der Waals surface area contributed by atoms with Crippen LogP contribution in [0.15, 0.2) is 72.9 Å². The molecule has 0 aliphatic carbocycles. The summed E-state index contributed by atoms with van der Waals surface area (Å²) in [7, 11) is 1.67. The van der Waals surface area contributed by atoms with Crippen LogP contribution >= 0.6 is 0 Å². The first-order chi connectivity index (χ1) is 13.7. The molecular weight excluding hydrogens is 348 g/mol. The van der Waals surface area contributed by atoms with Gasteiger partial charge < -0.3 is 9.64 Å². The van der Waals surface area contributed by atoms with Crippen LogP contribution in [-0.2, 0) is 6.42 Å². The maximum Gasteiger partial charge on any atom is 0.253 e. The van der Waals surface area contributed by atoms with Crippen molar-refractivity contribution in [2.24, 2.45) is 5.92 Å². The van der Waals surface area contributed by atoms with Gasteiger partial charge in [0.15, 0.2) is 0 Å². The van der Waals surface area contributed by atoms with Gasteiger partial charge >= 0.3 is 0 Å². The van der Waals surface area contributed by atoms with E-state index in [4.69, 9.17) is 4.74 Å². The first-order valence-electron chi connectivity index (χ1n) is 9.67. The lowest BCUT2D eigenvalue weighted by Crippen LogP contribution is -2.28. The number of benzene rings is 2. The van der Waals surface area contributed by atoms with Gasteiger partial charge in [-0.3, -0.25) is 9.78 Å². The third-order valence-electron chi connectivity index (χ3n) is 5.35. The predicted octanol–water partition coefficient (Wildman–Crippen LogP) is 4.46. The standard InChI is InChI=1S/C24H24N2O2/c1-28-23-8-3-2-7-22(23)19-9-11-20(12-10-19)24(27)26-15-13-18(17-26)16-21-6-4-5-14-25-21/h2-12,14,18H,13,15-17H2,1H3. The van der Waals surface area contributed by atoms with Crippen LogP contribution in [0.3, 0.4) is 0 Å². The fourth-order valence-electron chi connectivity index (χ4n) is 3.86. The number of para-hydroxylation sites is 1. The summed E-state index contributed by atoms with van der Waals surface area (Å²) in [6, 6.07) is 21.7. The van der Waals surface area contributed by atoms with E-state index < -0.39 is 0 Å². The van der Waals surface area contributed by atoms with Crippen LogP contribution in [0.25, 0.3) is 11.1 Å². The Hall–Kier alpha value is -3.14. The Morgan fingerprint density at radius 2 is 1.86 bits per heavy atom. The Morgan fingerprint density at radius 3 is 2.61 bits per heavy atom. The molecule has 1 aliphatic heterocycles. The van der Waals surface area contributed by atoms with Gasteiger partial charge in [-0.25, -0.2) is 0 Å². The summed E-state index contributed by atoms with van der Waals surface area (Å²) in [5.41, 5.74) is 3.91. The maximum absolute atomic E-state index is 12.9. The van der Waals surface area contributed by atoms with Gasteiger partial charge in [0.05, 0.1) is 7.11 Å². The van der Waals surface area contributed by atoms with Gasteiger partial charge in [0.25, 0.3) is 5.91 Å². The van der Waals surface area contributed by atoms with Gasteiger partial charge in [-0.15, -0.1) is 0 Å². The number of pyridine rings is 1. The van der Waals surface area contributed by atoms with Crippen molar-refractivity contribution in [3.8, 4) is 16.9 Å². The van der Waals surface area contributed by atoms with Crippen molar-refractivity contribution in [2.45, 2.75) is 12.8 Å². The van der Waals surface area contributed by atoms with Gasteiger partial charge in [-0.2, -0.15) is 0 Å². The molecule has 0 spiro atoms. The zero-order valence-corrected chi connectivity index (χ0v) is 16.0. The number of rotatable bonds is 5.